The number of nitrogens with zero attached hydrogens (tertiary/aromatic N) is 1. The number of rotatable bonds is 4. The molecule has 3 rings (SSSR count). The minimum Gasteiger partial charge on any atom is -0.318 e. The van der Waals surface area contributed by atoms with Crippen molar-refractivity contribution in [3.05, 3.63) is 86.6 Å². The van der Waals surface area contributed by atoms with Gasteiger partial charge >= 0.3 is 0 Å². The lowest BCUT2D eigenvalue weighted by Gasteiger charge is -2.09. The number of pyridine rings is 1. The zero-order valence-corrected chi connectivity index (χ0v) is 17.1. The van der Waals surface area contributed by atoms with Crippen LogP contribution in [0, 0.1) is 11.6 Å². The summed E-state index contributed by atoms with van der Waals surface area (Å²) < 4.78 is 28.8. The van der Waals surface area contributed by atoms with E-state index < -0.39 is 23.4 Å². The van der Waals surface area contributed by atoms with Crippen LogP contribution in [0.1, 0.15) is 21.0 Å². The summed E-state index contributed by atoms with van der Waals surface area (Å²) in [5.41, 5.74) is -0.235. The monoisotopic (exact) mass is 509 g/mol. The highest BCUT2D eigenvalue weighted by Crippen LogP contribution is 2.21. The lowest BCUT2D eigenvalue weighted by molar-refractivity contribution is 0.101. The summed E-state index contributed by atoms with van der Waals surface area (Å²) in [5, 5.41) is 4.78. The van der Waals surface area contributed by atoms with E-state index in [1.54, 1.807) is 12.1 Å². The number of halogens is 4. The van der Waals surface area contributed by atoms with Crippen molar-refractivity contribution in [1.82, 2.24) is 4.98 Å². The van der Waals surface area contributed by atoms with E-state index in [-0.39, 0.29) is 22.8 Å². The first-order chi connectivity index (χ1) is 13.3. The Balaban J connectivity index is 1.77. The van der Waals surface area contributed by atoms with Gasteiger partial charge in [0.2, 0.25) is 0 Å². The summed E-state index contributed by atoms with van der Waals surface area (Å²) in [4.78, 5) is 28.6. The van der Waals surface area contributed by atoms with E-state index in [1.807, 2.05) is 0 Å². The Kier molecular flexibility index (Phi) is 6.15. The van der Waals surface area contributed by atoms with Crippen LogP contribution in [0.5, 0.6) is 0 Å². The van der Waals surface area contributed by atoms with Gasteiger partial charge in [0.15, 0.2) is 0 Å². The van der Waals surface area contributed by atoms with Gasteiger partial charge < -0.3 is 10.6 Å². The van der Waals surface area contributed by atoms with Gasteiger partial charge in [-0.25, -0.2) is 13.8 Å². The summed E-state index contributed by atoms with van der Waals surface area (Å²) in [7, 11) is 0. The zero-order valence-electron chi connectivity index (χ0n) is 14.0. The second-order valence-electron chi connectivity index (χ2n) is 5.56. The second kappa shape index (κ2) is 8.57. The number of hydrogen-bond acceptors (Lipinski definition) is 3. The number of amides is 2. The molecule has 0 saturated heterocycles. The number of aromatic nitrogens is 1. The largest absolute Gasteiger partial charge is 0.318 e. The summed E-state index contributed by atoms with van der Waals surface area (Å²) in [6.07, 6.45) is 0. The fraction of sp³-hybridized carbons (Fsp3) is 0. The van der Waals surface area contributed by atoms with E-state index in [4.69, 9.17) is 0 Å². The fourth-order valence-corrected chi connectivity index (χ4v) is 2.91. The van der Waals surface area contributed by atoms with Gasteiger partial charge in [0, 0.05) is 8.95 Å². The van der Waals surface area contributed by atoms with Crippen LogP contribution in [-0.2, 0) is 0 Å². The average Bonchev–Trinajstić information content (AvgIpc) is 2.66. The molecular formula is C19H11Br2F2N3O2. The van der Waals surface area contributed by atoms with Crippen molar-refractivity contribution in [1.29, 1.82) is 0 Å². The second-order valence-corrected chi connectivity index (χ2v) is 7.40. The molecule has 28 heavy (non-hydrogen) atoms. The molecule has 142 valence electrons. The van der Waals surface area contributed by atoms with Gasteiger partial charge in [0.25, 0.3) is 11.8 Å². The Morgan fingerprint density at radius 2 is 1.18 bits per heavy atom. The predicted molar refractivity (Wildman–Crippen MR) is 108 cm³/mol. The molecule has 3 aromatic rings. The van der Waals surface area contributed by atoms with Crippen molar-refractivity contribution in [3.8, 4) is 0 Å². The number of hydrogen-bond donors (Lipinski definition) is 2. The van der Waals surface area contributed by atoms with Crippen molar-refractivity contribution in [3.63, 3.8) is 0 Å². The number of nitrogens with one attached hydrogen (secondary N) is 2. The van der Waals surface area contributed by atoms with Crippen LogP contribution in [0.2, 0.25) is 0 Å². The molecule has 2 N–H and O–H groups in total. The Labute approximate surface area is 175 Å². The molecule has 2 aromatic carbocycles. The molecule has 0 aliphatic heterocycles. The molecular weight excluding hydrogens is 500 g/mol. The smallest absolute Gasteiger partial charge is 0.274 e. The molecule has 1 heterocycles. The molecule has 0 aliphatic carbocycles. The predicted octanol–water partition coefficient (Wildman–Crippen LogP) is 5.39. The molecule has 0 spiro atoms. The Morgan fingerprint density at radius 3 is 1.57 bits per heavy atom. The van der Waals surface area contributed by atoms with Crippen molar-refractivity contribution < 1.29 is 18.4 Å². The van der Waals surface area contributed by atoms with Crippen LogP contribution in [0.4, 0.5) is 20.2 Å². The first-order valence-corrected chi connectivity index (χ1v) is 9.42. The Morgan fingerprint density at radius 1 is 0.750 bits per heavy atom. The van der Waals surface area contributed by atoms with Crippen LogP contribution in [0.3, 0.4) is 0 Å². The normalized spacial score (nSPS) is 10.4. The van der Waals surface area contributed by atoms with Crippen molar-refractivity contribution in [2.45, 2.75) is 0 Å². The van der Waals surface area contributed by atoms with Gasteiger partial charge in [-0.05, 0) is 48.5 Å². The zero-order chi connectivity index (χ0) is 20.3. The van der Waals surface area contributed by atoms with Crippen LogP contribution in [0.25, 0.3) is 0 Å². The minimum atomic E-state index is -0.689. The van der Waals surface area contributed by atoms with Crippen LogP contribution < -0.4 is 10.6 Å². The number of benzene rings is 2. The van der Waals surface area contributed by atoms with Gasteiger partial charge in [0.05, 0.1) is 11.4 Å². The number of anilines is 2. The van der Waals surface area contributed by atoms with Gasteiger partial charge in [-0.1, -0.05) is 37.9 Å². The maximum Gasteiger partial charge on any atom is 0.274 e. The van der Waals surface area contributed by atoms with Gasteiger partial charge in [0.1, 0.15) is 23.0 Å². The average molecular weight is 511 g/mol. The van der Waals surface area contributed by atoms with Gasteiger partial charge in [-0.3, -0.25) is 9.59 Å². The molecule has 1 aromatic heterocycles. The third-order valence-corrected chi connectivity index (χ3v) is 4.56. The minimum absolute atomic E-state index is 0.0261. The third kappa shape index (κ3) is 4.79. The van der Waals surface area contributed by atoms with E-state index in [2.05, 4.69) is 47.5 Å². The van der Waals surface area contributed by atoms with Crippen molar-refractivity contribution in [2.75, 3.05) is 10.6 Å². The summed E-state index contributed by atoms with van der Waals surface area (Å²) in [5.74, 6) is -2.62. The van der Waals surface area contributed by atoms with Crippen LogP contribution in [0.15, 0.2) is 63.5 Å². The van der Waals surface area contributed by atoms with Gasteiger partial charge in [-0.15, -0.1) is 0 Å². The van der Waals surface area contributed by atoms with Crippen LogP contribution in [-0.4, -0.2) is 16.8 Å². The standard InChI is InChI=1S/C19H11Br2F2N3O2/c20-10-4-6-14(12(22)8-10)25-18(27)16-2-1-3-17(24-16)19(28)26-15-7-5-11(21)9-13(15)23/h1-9H,(H,25,27)(H,26,28). The molecule has 0 saturated carbocycles. The van der Waals surface area contributed by atoms with Gasteiger partial charge in [-0.2, -0.15) is 0 Å². The molecule has 5 nitrogen and oxygen atoms in total. The van der Waals surface area contributed by atoms with E-state index in [0.29, 0.717) is 8.95 Å². The van der Waals surface area contributed by atoms with Crippen molar-refractivity contribution >= 4 is 55.0 Å². The molecule has 2 amide bonds. The topological polar surface area (TPSA) is 71.1 Å². The number of carbonyl (C=O) groups excluding carboxylic acids is 2. The highest BCUT2D eigenvalue weighted by atomic mass is 79.9. The summed E-state index contributed by atoms with van der Waals surface area (Å²) >= 11 is 6.26. The SMILES string of the molecule is O=C(Nc1ccc(Br)cc1F)c1cccc(C(=O)Nc2ccc(Br)cc2F)n1. The molecule has 0 radical (unpaired) electrons. The van der Waals surface area contributed by atoms with E-state index >= 15 is 0 Å². The maximum atomic E-state index is 13.9. The molecule has 0 bridgehead atoms. The Bertz CT molecular complexity index is 996. The fourth-order valence-electron chi connectivity index (χ4n) is 2.24. The molecule has 0 fully saturated rings. The lowest BCUT2D eigenvalue weighted by Crippen LogP contribution is -2.19. The molecule has 9 heteroatoms. The third-order valence-electron chi connectivity index (χ3n) is 3.57. The Hall–Kier alpha value is -2.65. The summed E-state index contributed by atoms with van der Waals surface area (Å²) in [6, 6.07) is 12.6. The quantitative estimate of drug-likeness (QED) is 0.494. The van der Waals surface area contributed by atoms with Crippen LogP contribution >= 0.6 is 31.9 Å². The highest BCUT2D eigenvalue weighted by molar-refractivity contribution is 9.10. The van der Waals surface area contributed by atoms with E-state index in [0.717, 1.165) is 0 Å². The highest BCUT2D eigenvalue weighted by Gasteiger charge is 2.15. The molecule has 0 atom stereocenters. The number of carbonyl (C=O) groups is 2. The van der Waals surface area contributed by atoms with E-state index in [1.165, 1.54) is 42.5 Å². The lowest BCUT2D eigenvalue weighted by atomic mass is 10.2. The first kappa shape index (κ1) is 20.1. The molecule has 0 aliphatic rings. The van der Waals surface area contributed by atoms with Crippen molar-refractivity contribution in [2.24, 2.45) is 0 Å². The summed E-state index contributed by atoms with van der Waals surface area (Å²) in [6.45, 7) is 0. The first-order valence-electron chi connectivity index (χ1n) is 7.83. The molecule has 0 unspecified atom stereocenters. The maximum absolute atomic E-state index is 13.9. The van der Waals surface area contributed by atoms with E-state index in [9.17, 15) is 18.4 Å².